The van der Waals surface area contributed by atoms with Gasteiger partial charge in [0.25, 0.3) is 0 Å². The van der Waals surface area contributed by atoms with Crippen molar-refractivity contribution in [3.05, 3.63) is 39.6 Å². The number of nitrogens with zero attached hydrogens (tertiary/aromatic N) is 2. The largest absolute Gasteiger partial charge is 0.332 e. The molecule has 17 heavy (non-hydrogen) atoms. The van der Waals surface area contributed by atoms with Gasteiger partial charge in [-0.1, -0.05) is 18.5 Å². The Morgan fingerprint density at radius 3 is 3.06 bits per heavy atom. The van der Waals surface area contributed by atoms with Crippen molar-refractivity contribution in [2.24, 2.45) is 0 Å². The standard InChI is InChI=1S/C12H16ClN3S/c1-2-14-6-5-10-7-16(9-15-10)8-11-3-4-12(13)17-11/h3-4,7,9,14H,2,5-6,8H2,1H3. The molecule has 0 unspecified atom stereocenters. The number of aromatic nitrogens is 2. The first-order chi connectivity index (χ1) is 8.28. The van der Waals surface area contributed by atoms with Gasteiger partial charge in [-0.15, -0.1) is 11.3 Å². The molecule has 1 N–H and O–H groups in total. The first-order valence-electron chi connectivity index (χ1n) is 5.73. The number of imidazole rings is 1. The summed E-state index contributed by atoms with van der Waals surface area (Å²) >= 11 is 7.52. The summed E-state index contributed by atoms with van der Waals surface area (Å²) in [6.45, 7) is 4.96. The third-order valence-electron chi connectivity index (χ3n) is 2.46. The number of nitrogens with one attached hydrogen (secondary N) is 1. The molecule has 0 bridgehead atoms. The molecule has 0 spiro atoms. The lowest BCUT2D eigenvalue weighted by molar-refractivity contribution is 0.709. The minimum Gasteiger partial charge on any atom is -0.332 e. The Morgan fingerprint density at radius 1 is 1.47 bits per heavy atom. The molecule has 5 heteroatoms. The normalized spacial score (nSPS) is 10.9. The average molecular weight is 270 g/mol. The highest BCUT2D eigenvalue weighted by molar-refractivity contribution is 7.16. The molecule has 0 saturated heterocycles. The van der Waals surface area contributed by atoms with Crippen molar-refractivity contribution in [3.63, 3.8) is 0 Å². The lowest BCUT2D eigenvalue weighted by Crippen LogP contribution is -2.16. The van der Waals surface area contributed by atoms with Crippen molar-refractivity contribution >= 4 is 22.9 Å². The van der Waals surface area contributed by atoms with Gasteiger partial charge in [0.15, 0.2) is 0 Å². The summed E-state index contributed by atoms with van der Waals surface area (Å²) in [5.74, 6) is 0. The van der Waals surface area contributed by atoms with Crippen molar-refractivity contribution in [1.82, 2.24) is 14.9 Å². The number of hydrogen-bond donors (Lipinski definition) is 1. The SMILES string of the molecule is CCNCCc1cn(Cc2ccc(Cl)s2)cn1. The molecule has 0 amide bonds. The van der Waals surface area contributed by atoms with E-state index in [-0.39, 0.29) is 0 Å². The Labute approximate surface area is 110 Å². The molecule has 0 saturated carbocycles. The fourth-order valence-corrected chi connectivity index (χ4v) is 2.73. The Hall–Kier alpha value is -0.840. The summed E-state index contributed by atoms with van der Waals surface area (Å²) in [7, 11) is 0. The highest BCUT2D eigenvalue weighted by atomic mass is 35.5. The van der Waals surface area contributed by atoms with Crippen molar-refractivity contribution in [1.29, 1.82) is 0 Å². The molecule has 2 aromatic heterocycles. The van der Waals surface area contributed by atoms with E-state index in [1.807, 2.05) is 12.4 Å². The first-order valence-corrected chi connectivity index (χ1v) is 6.93. The van der Waals surface area contributed by atoms with Crippen LogP contribution in [0, 0.1) is 0 Å². The van der Waals surface area contributed by atoms with Crippen LogP contribution in [-0.2, 0) is 13.0 Å². The molecule has 0 atom stereocenters. The molecule has 0 aliphatic rings. The average Bonchev–Trinajstić information content (AvgIpc) is 2.90. The highest BCUT2D eigenvalue weighted by Crippen LogP contribution is 2.22. The number of halogens is 1. The van der Waals surface area contributed by atoms with Crippen LogP contribution in [-0.4, -0.2) is 22.6 Å². The number of thiophene rings is 1. The second kappa shape index (κ2) is 6.19. The zero-order chi connectivity index (χ0) is 12.1. The van der Waals surface area contributed by atoms with E-state index in [0.29, 0.717) is 0 Å². The Kier molecular flexibility index (Phi) is 4.59. The van der Waals surface area contributed by atoms with E-state index in [1.54, 1.807) is 11.3 Å². The molecular weight excluding hydrogens is 254 g/mol. The minimum absolute atomic E-state index is 0.840. The molecule has 0 aromatic carbocycles. The van der Waals surface area contributed by atoms with E-state index in [4.69, 9.17) is 11.6 Å². The summed E-state index contributed by atoms with van der Waals surface area (Å²) in [5.41, 5.74) is 1.13. The molecule has 0 fully saturated rings. The van der Waals surface area contributed by atoms with Crippen LogP contribution in [0.5, 0.6) is 0 Å². The van der Waals surface area contributed by atoms with Crippen LogP contribution in [0.4, 0.5) is 0 Å². The van der Waals surface area contributed by atoms with E-state index in [2.05, 4.69) is 34.1 Å². The first kappa shape index (κ1) is 12.6. The summed E-state index contributed by atoms with van der Waals surface area (Å²) in [6.07, 6.45) is 4.96. The van der Waals surface area contributed by atoms with Crippen LogP contribution in [0.3, 0.4) is 0 Å². The lowest BCUT2D eigenvalue weighted by Gasteiger charge is -1.99. The lowest BCUT2D eigenvalue weighted by atomic mass is 10.3. The van der Waals surface area contributed by atoms with Gasteiger partial charge in [-0.2, -0.15) is 0 Å². The Balaban J connectivity index is 1.89. The molecule has 0 aliphatic heterocycles. The van der Waals surface area contributed by atoms with Gasteiger partial charge in [0.05, 0.1) is 22.9 Å². The van der Waals surface area contributed by atoms with Gasteiger partial charge in [0.2, 0.25) is 0 Å². The summed E-state index contributed by atoms with van der Waals surface area (Å²) in [6, 6.07) is 4.00. The maximum Gasteiger partial charge on any atom is 0.0952 e. The molecule has 3 nitrogen and oxygen atoms in total. The van der Waals surface area contributed by atoms with Crippen molar-refractivity contribution in [2.75, 3.05) is 13.1 Å². The van der Waals surface area contributed by atoms with Crippen LogP contribution < -0.4 is 5.32 Å². The molecule has 2 rings (SSSR count). The zero-order valence-corrected chi connectivity index (χ0v) is 11.4. The van der Waals surface area contributed by atoms with E-state index in [1.165, 1.54) is 4.88 Å². The third kappa shape index (κ3) is 3.84. The van der Waals surface area contributed by atoms with Crippen molar-refractivity contribution in [3.8, 4) is 0 Å². The van der Waals surface area contributed by atoms with E-state index < -0.39 is 0 Å². The predicted octanol–water partition coefficient (Wildman–Crippen LogP) is 2.80. The number of likely N-dealkylation sites (N-methyl/N-ethyl adjacent to an activating group) is 1. The molecule has 2 heterocycles. The summed E-state index contributed by atoms with van der Waals surface area (Å²) in [4.78, 5) is 5.64. The van der Waals surface area contributed by atoms with Crippen molar-refractivity contribution in [2.45, 2.75) is 19.9 Å². The van der Waals surface area contributed by atoms with Gasteiger partial charge in [0.1, 0.15) is 0 Å². The predicted molar refractivity (Wildman–Crippen MR) is 72.9 cm³/mol. The quantitative estimate of drug-likeness (QED) is 0.818. The molecular formula is C12H16ClN3S. The molecule has 92 valence electrons. The second-order valence-electron chi connectivity index (χ2n) is 3.85. The smallest absolute Gasteiger partial charge is 0.0952 e. The minimum atomic E-state index is 0.840. The monoisotopic (exact) mass is 269 g/mol. The van der Waals surface area contributed by atoms with Gasteiger partial charge in [-0.05, 0) is 18.7 Å². The van der Waals surface area contributed by atoms with Crippen molar-refractivity contribution < 1.29 is 0 Å². The number of hydrogen-bond acceptors (Lipinski definition) is 3. The maximum atomic E-state index is 5.90. The van der Waals surface area contributed by atoms with Gasteiger partial charge < -0.3 is 9.88 Å². The van der Waals surface area contributed by atoms with Crippen LogP contribution in [0.25, 0.3) is 0 Å². The van der Waals surface area contributed by atoms with Gasteiger partial charge in [0, 0.05) is 24.0 Å². The summed E-state index contributed by atoms with van der Waals surface area (Å²) < 4.78 is 2.94. The Morgan fingerprint density at radius 2 is 2.35 bits per heavy atom. The fraction of sp³-hybridized carbons (Fsp3) is 0.417. The van der Waals surface area contributed by atoms with Crippen LogP contribution in [0.1, 0.15) is 17.5 Å². The summed E-state index contributed by atoms with van der Waals surface area (Å²) in [5, 5.41) is 3.29. The topological polar surface area (TPSA) is 29.9 Å². The van der Waals surface area contributed by atoms with Crippen LogP contribution in [0.15, 0.2) is 24.7 Å². The molecule has 2 aromatic rings. The maximum absolute atomic E-state index is 5.90. The van der Waals surface area contributed by atoms with E-state index in [0.717, 1.165) is 36.1 Å². The van der Waals surface area contributed by atoms with Crippen LogP contribution in [0.2, 0.25) is 4.34 Å². The zero-order valence-electron chi connectivity index (χ0n) is 9.82. The molecule has 0 aliphatic carbocycles. The highest BCUT2D eigenvalue weighted by Gasteiger charge is 2.01. The second-order valence-corrected chi connectivity index (χ2v) is 5.65. The van der Waals surface area contributed by atoms with Crippen LogP contribution >= 0.6 is 22.9 Å². The molecule has 0 radical (unpaired) electrons. The van der Waals surface area contributed by atoms with E-state index >= 15 is 0 Å². The van der Waals surface area contributed by atoms with Gasteiger partial charge in [-0.25, -0.2) is 4.98 Å². The third-order valence-corrected chi connectivity index (χ3v) is 3.68. The van der Waals surface area contributed by atoms with E-state index in [9.17, 15) is 0 Å². The Bertz CT molecular complexity index is 464. The van der Waals surface area contributed by atoms with Gasteiger partial charge >= 0.3 is 0 Å². The van der Waals surface area contributed by atoms with Gasteiger partial charge in [-0.3, -0.25) is 0 Å². The fourth-order valence-electron chi connectivity index (χ4n) is 1.63. The number of rotatable bonds is 6.